The molecule has 2 aromatic rings. The summed E-state index contributed by atoms with van der Waals surface area (Å²) < 4.78 is 20.9. The number of nitrogens with one attached hydrogen (secondary N) is 1. The smallest absolute Gasteiger partial charge is 0.293 e. The molecule has 0 aromatic heterocycles. The second-order valence-corrected chi connectivity index (χ2v) is 7.77. The van der Waals surface area contributed by atoms with Gasteiger partial charge in [-0.05, 0) is 47.7 Å². The van der Waals surface area contributed by atoms with Gasteiger partial charge in [0.1, 0.15) is 5.75 Å². The van der Waals surface area contributed by atoms with Gasteiger partial charge in [-0.2, -0.15) is 0 Å². The lowest BCUT2D eigenvalue weighted by Crippen LogP contribution is -2.37. The first-order valence-corrected chi connectivity index (χ1v) is 10.7. The average Bonchev–Trinajstić information content (AvgIpc) is 3.10. The lowest BCUT2D eigenvalue weighted by atomic mass is 10.1. The Morgan fingerprint density at radius 1 is 0.970 bits per heavy atom. The summed E-state index contributed by atoms with van der Waals surface area (Å²) in [5.74, 6) is 0.951. The molecule has 0 atom stereocenters. The number of imide groups is 1. The number of carbonyl (C=O) groups excluding carboxylic acids is 3. The van der Waals surface area contributed by atoms with Crippen LogP contribution in [0.4, 0.5) is 4.79 Å². The number of nitrogens with zero attached hydrogens (tertiary/aromatic N) is 1. The summed E-state index contributed by atoms with van der Waals surface area (Å²) in [6.45, 7) is 0.129. The minimum Gasteiger partial charge on any atom is -0.497 e. The maximum Gasteiger partial charge on any atom is 0.293 e. The van der Waals surface area contributed by atoms with E-state index in [4.69, 9.17) is 18.9 Å². The highest BCUT2D eigenvalue weighted by Gasteiger charge is 2.34. The quantitative estimate of drug-likeness (QED) is 0.555. The first-order chi connectivity index (χ1) is 15.9. The van der Waals surface area contributed by atoms with Gasteiger partial charge in [0.25, 0.3) is 17.1 Å². The topological polar surface area (TPSA) is 103 Å². The molecule has 0 spiro atoms. The zero-order valence-electron chi connectivity index (χ0n) is 18.7. The Bertz CT molecular complexity index is 1060. The van der Waals surface area contributed by atoms with Crippen molar-refractivity contribution in [2.24, 2.45) is 0 Å². The molecule has 1 aliphatic rings. The Morgan fingerprint density at radius 2 is 1.61 bits per heavy atom. The van der Waals surface area contributed by atoms with Crippen LogP contribution in [0.5, 0.6) is 23.0 Å². The number of benzene rings is 2. The van der Waals surface area contributed by atoms with Gasteiger partial charge in [-0.15, -0.1) is 0 Å². The fourth-order valence-corrected chi connectivity index (χ4v) is 4.00. The van der Waals surface area contributed by atoms with E-state index in [0.29, 0.717) is 27.9 Å². The fraction of sp³-hybridized carbons (Fsp3) is 0.261. The molecule has 33 heavy (non-hydrogen) atoms. The summed E-state index contributed by atoms with van der Waals surface area (Å²) in [6, 6.07) is 10.2. The second kappa shape index (κ2) is 10.8. The van der Waals surface area contributed by atoms with Crippen molar-refractivity contribution in [3.05, 3.63) is 52.4 Å². The molecule has 1 fully saturated rings. The van der Waals surface area contributed by atoms with E-state index < -0.39 is 11.8 Å². The number of thioether (sulfide) groups is 1. The first-order valence-electron chi connectivity index (χ1n) is 9.89. The Hall–Kier alpha value is -3.66. The number of hydrogen-bond acceptors (Lipinski definition) is 8. The number of ether oxygens (including phenoxy) is 4. The molecule has 2 aromatic carbocycles. The zero-order chi connectivity index (χ0) is 24.0. The number of hydrogen-bond donors (Lipinski definition) is 1. The van der Waals surface area contributed by atoms with E-state index in [2.05, 4.69) is 5.32 Å². The summed E-state index contributed by atoms with van der Waals surface area (Å²) in [7, 11) is 5.96. The van der Waals surface area contributed by atoms with E-state index in [0.717, 1.165) is 22.2 Å². The highest BCUT2D eigenvalue weighted by Crippen LogP contribution is 2.38. The number of methoxy groups -OCH3 is 4. The molecule has 0 saturated carbocycles. The minimum absolute atomic E-state index is 0.0424. The molecule has 0 unspecified atom stereocenters. The molecule has 0 bridgehead atoms. The van der Waals surface area contributed by atoms with Crippen LogP contribution < -0.4 is 24.3 Å². The van der Waals surface area contributed by atoms with Crippen LogP contribution in [-0.4, -0.2) is 63.5 Å². The molecule has 3 amide bonds. The minimum atomic E-state index is -0.407. The van der Waals surface area contributed by atoms with E-state index in [9.17, 15) is 14.4 Å². The molecular formula is C23H24N2O7S. The molecular weight excluding hydrogens is 448 g/mol. The predicted molar refractivity (Wildman–Crippen MR) is 124 cm³/mol. The summed E-state index contributed by atoms with van der Waals surface area (Å²) in [4.78, 5) is 39.0. The van der Waals surface area contributed by atoms with Gasteiger partial charge in [0.05, 0.1) is 33.3 Å². The van der Waals surface area contributed by atoms with Crippen LogP contribution in [0.25, 0.3) is 6.08 Å². The SMILES string of the molecule is COc1ccc(/C=C2/SC(=O)N(CCNC(=O)c3cc(OC)c(OC)c(OC)c3)C2=O)cc1. The van der Waals surface area contributed by atoms with Crippen molar-refractivity contribution in [2.45, 2.75) is 0 Å². The van der Waals surface area contributed by atoms with Gasteiger partial charge in [-0.25, -0.2) is 0 Å². The van der Waals surface area contributed by atoms with E-state index >= 15 is 0 Å². The Morgan fingerprint density at radius 3 is 2.15 bits per heavy atom. The molecule has 0 aliphatic carbocycles. The van der Waals surface area contributed by atoms with Crippen LogP contribution in [0.1, 0.15) is 15.9 Å². The Balaban J connectivity index is 1.63. The van der Waals surface area contributed by atoms with E-state index in [1.54, 1.807) is 37.5 Å². The first kappa shape index (κ1) is 24.0. The van der Waals surface area contributed by atoms with Gasteiger partial charge in [-0.3, -0.25) is 19.3 Å². The third-order valence-electron chi connectivity index (χ3n) is 4.84. The van der Waals surface area contributed by atoms with Gasteiger partial charge < -0.3 is 24.3 Å². The maximum atomic E-state index is 12.7. The predicted octanol–water partition coefficient (Wildman–Crippen LogP) is 3.19. The highest BCUT2D eigenvalue weighted by molar-refractivity contribution is 8.18. The van der Waals surface area contributed by atoms with E-state index in [1.807, 2.05) is 0 Å². The normalized spacial score (nSPS) is 14.4. The number of rotatable bonds is 9. The molecule has 1 heterocycles. The van der Waals surface area contributed by atoms with E-state index in [-0.39, 0.29) is 23.9 Å². The van der Waals surface area contributed by atoms with Crippen LogP contribution in [-0.2, 0) is 4.79 Å². The molecule has 1 aliphatic heterocycles. The summed E-state index contributed by atoms with van der Waals surface area (Å²) >= 11 is 0.863. The fourth-order valence-electron chi connectivity index (χ4n) is 3.14. The Kier molecular flexibility index (Phi) is 7.83. The largest absolute Gasteiger partial charge is 0.497 e. The van der Waals surface area contributed by atoms with Gasteiger partial charge in [0, 0.05) is 18.7 Å². The zero-order valence-corrected chi connectivity index (χ0v) is 19.5. The van der Waals surface area contributed by atoms with Crippen molar-refractivity contribution < 1.29 is 33.3 Å². The summed E-state index contributed by atoms with van der Waals surface area (Å²) in [5, 5.41) is 2.32. The van der Waals surface area contributed by atoms with Crippen LogP contribution in [0, 0.1) is 0 Å². The molecule has 10 heteroatoms. The van der Waals surface area contributed by atoms with Crippen molar-refractivity contribution in [1.82, 2.24) is 10.2 Å². The summed E-state index contributed by atoms with van der Waals surface area (Å²) in [5.41, 5.74) is 1.06. The Labute approximate surface area is 195 Å². The lowest BCUT2D eigenvalue weighted by molar-refractivity contribution is -0.122. The van der Waals surface area contributed by atoms with Crippen LogP contribution in [0.2, 0.25) is 0 Å². The van der Waals surface area contributed by atoms with Gasteiger partial charge >= 0.3 is 0 Å². The second-order valence-electron chi connectivity index (χ2n) is 6.78. The maximum absolute atomic E-state index is 12.7. The highest BCUT2D eigenvalue weighted by atomic mass is 32.2. The van der Waals surface area contributed by atoms with Gasteiger partial charge in [-0.1, -0.05) is 12.1 Å². The van der Waals surface area contributed by atoms with Crippen molar-refractivity contribution in [2.75, 3.05) is 41.5 Å². The molecule has 1 N–H and O–H groups in total. The van der Waals surface area contributed by atoms with Crippen LogP contribution in [0.3, 0.4) is 0 Å². The third-order valence-corrected chi connectivity index (χ3v) is 5.74. The molecule has 1 saturated heterocycles. The third kappa shape index (κ3) is 5.40. The average molecular weight is 473 g/mol. The lowest BCUT2D eigenvalue weighted by Gasteiger charge is -2.15. The van der Waals surface area contributed by atoms with Crippen molar-refractivity contribution in [3.63, 3.8) is 0 Å². The standard InChI is InChI=1S/C23H24N2O7S/c1-29-16-7-5-14(6-8-16)11-19-22(27)25(23(28)33-19)10-9-24-21(26)15-12-17(30-2)20(32-4)18(13-15)31-3/h5-8,11-13H,9-10H2,1-4H3,(H,24,26)/b19-11+. The number of amides is 3. The molecule has 9 nitrogen and oxygen atoms in total. The van der Waals surface area contributed by atoms with Crippen molar-refractivity contribution in [3.8, 4) is 23.0 Å². The van der Waals surface area contributed by atoms with E-state index in [1.165, 1.54) is 33.5 Å². The van der Waals surface area contributed by atoms with Crippen LogP contribution in [0.15, 0.2) is 41.3 Å². The van der Waals surface area contributed by atoms with Crippen molar-refractivity contribution >= 4 is 34.9 Å². The van der Waals surface area contributed by atoms with Gasteiger partial charge in [0.15, 0.2) is 11.5 Å². The van der Waals surface area contributed by atoms with Crippen molar-refractivity contribution in [1.29, 1.82) is 0 Å². The van der Waals surface area contributed by atoms with Crippen LogP contribution >= 0.6 is 11.8 Å². The monoisotopic (exact) mass is 472 g/mol. The summed E-state index contributed by atoms with van der Waals surface area (Å²) in [6.07, 6.45) is 1.65. The molecule has 174 valence electrons. The molecule has 0 radical (unpaired) electrons. The number of carbonyl (C=O) groups is 3. The van der Waals surface area contributed by atoms with Gasteiger partial charge in [0.2, 0.25) is 5.75 Å². The molecule has 3 rings (SSSR count).